The highest BCUT2D eigenvalue weighted by Gasteiger charge is 2.23. The number of hydrogen-bond acceptors (Lipinski definition) is 3. The van der Waals surface area contributed by atoms with Gasteiger partial charge in [0.15, 0.2) is 0 Å². The molecule has 0 fully saturated rings. The predicted octanol–water partition coefficient (Wildman–Crippen LogP) is 0.752. The first-order valence-electron chi connectivity index (χ1n) is 4.19. The van der Waals surface area contributed by atoms with Gasteiger partial charge in [0, 0.05) is 6.54 Å². The van der Waals surface area contributed by atoms with Gasteiger partial charge in [0.05, 0.1) is 5.54 Å². The van der Waals surface area contributed by atoms with Crippen molar-refractivity contribution in [2.24, 2.45) is 0 Å². The van der Waals surface area contributed by atoms with Gasteiger partial charge in [0.2, 0.25) is 0 Å². The SMILES string of the molecule is CCn1ncnc1C(C)(C)NC. The van der Waals surface area contributed by atoms with Crippen LogP contribution in [0.3, 0.4) is 0 Å². The molecule has 0 aliphatic heterocycles. The molecule has 1 aromatic rings. The van der Waals surface area contributed by atoms with Gasteiger partial charge >= 0.3 is 0 Å². The molecule has 68 valence electrons. The fourth-order valence-corrected chi connectivity index (χ4v) is 1.09. The fourth-order valence-electron chi connectivity index (χ4n) is 1.09. The van der Waals surface area contributed by atoms with Crippen molar-refractivity contribution in [1.82, 2.24) is 20.1 Å². The topological polar surface area (TPSA) is 42.7 Å². The average molecular weight is 168 g/mol. The first-order chi connectivity index (χ1) is 5.61. The van der Waals surface area contributed by atoms with Crippen LogP contribution >= 0.6 is 0 Å². The van der Waals surface area contributed by atoms with E-state index < -0.39 is 0 Å². The van der Waals surface area contributed by atoms with Crippen LogP contribution in [0.15, 0.2) is 6.33 Å². The Balaban J connectivity index is 3.00. The molecule has 0 spiro atoms. The Morgan fingerprint density at radius 1 is 1.58 bits per heavy atom. The molecule has 1 rings (SSSR count). The van der Waals surface area contributed by atoms with Crippen LogP contribution in [0.2, 0.25) is 0 Å². The largest absolute Gasteiger partial charge is 0.308 e. The molecule has 0 bridgehead atoms. The Morgan fingerprint density at radius 2 is 2.25 bits per heavy atom. The van der Waals surface area contributed by atoms with Crippen LogP contribution < -0.4 is 5.32 Å². The van der Waals surface area contributed by atoms with Crippen LogP contribution in [0.1, 0.15) is 26.6 Å². The molecule has 0 aliphatic carbocycles. The second-order valence-corrected chi connectivity index (χ2v) is 3.27. The third-order valence-electron chi connectivity index (χ3n) is 2.10. The molecular formula is C8H16N4. The number of hydrogen-bond donors (Lipinski definition) is 1. The summed E-state index contributed by atoms with van der Waals surface area (Å²) in [5, 5.41) is 7.31. The summed E-state index contributed by atoms with van der Waals surface area (Å²) in [7, 11) is 1.93. The van der Waals surface area contributed by atoms with Gasteiger partial charge in [-0.1, -0.05) is 0 Å². The maximum Gasteiger partial charge on any atom is 0.146 e. The lowest BCUT2D eigenvalue weighted by Crippen LogP contribution is -2.36. The van der Waals surface area contributed by atoms with Crippen molar-refractivity contribution in [3.63, 3.8) is 0 Å². The quantitative estimate of drug-likeness (QED) is 0.724. The molecule has 0 amide bonds. The molecule has 4 nitrogen and oxygen atoms in total. The molecule has 0 radical (unpaired) electrons. The monoisotopic (exact) mass is 168 g/mol. The van der Waals surface area contributed by atoms with E-state index in [1.165, 1.54) is 0 Å². The minimum absolute atomic E-state index is 0.105. The highest BCUT2D eigenvalue weighted by atomic mass is 15.3. The first kappa shape index (κ1) is 9.19. The van der Waals surface area contributed by atoms with E-state index >= 15 is 0 Å². The molecule has 0 unspecified atom stereocenters. The zero-order chi connectivity index (χ0) is 9.19. The summed E-state index contributed by atoms with van der Waals surface area (Å²) in [5.74, 6) is 0.979. The molecule has 4 heteroatoms. The number of rotatable bonds is 3. The minimum atomic E-state index is -0.105. The lowest BCUT2D eigenvalue weighted by atomic mass is 10.1. The Hall–Kier alpha value is -0.900. The predicted molar refractivity (Wildman–Crippen MR) is 47.8 cm³/mol. The van der Waals surface area contributed by atoms with Crippen LogP contribution in [0.4, 0.5) is 0 Å². The molecule has 0 saturated carbocycles. The average Bonchev–Trinajstić information content (AvgIpc) is 2.52. The second-order valence-electron chi connectivity index (χ2n) is 3.27. The number of aryl methyl sites for hydroxylation is 1. The van der Waals surface area contributed by atoms with E-state index in [1.54, 1.807) is 6.33 Å². The zero-order valence-corrected chi connectivity index (χ0v) is 8.13. The highest BCUT2D eigenvalue weighted by molar-refractivity contribution is 5.00. The number of nitrogens with zero attached hydrogens (tertiary/aromatic N) is 3. The lowest BCUT2D eigenvalue weighted by molar-refractivity contribution is 0.388. The van der Waals surface area contributed by atoms with E-state index in [-0.39, 0.29) is 5.54 Å². The van der Waals surface area contributed by atoms with Crippen molar-refractivity contribution < 1.29 is 0 Å². The van der Waals surface area contributed by atoms with Crippen LogP contribution in [0.25, 0.3) is 0 Å². The number of nitrogens with one attached hydrogen (secondary N) is 1. The lowest BCUT2D eigenvalue weighted by Gasteiger charge is -2.22. The van der Waals surface area contributed by atoms with Gasteiger partial charge in [-0.2, -0.15) is 5.10 Å². The normalized spacial score (nSPS) is 12.0. The second kappa shape index (κ2) is 3.23. The van der Waals surface area contributed by atoms with Gasteiger partial charge < -0.3 is 5.32 Å². The van der Waals surface area contributed by atoms with Crippen LogP contribution in [0.5, 0.6) is 0 Å². The fraction of sp³-hybridized carbons (Fsp3) is 0.750. The standard InChI is InChI=1S/C8H16N4/c1-5-12-7(10-6-11-12)8(2,3)9-4/h6,9H,5H2,1-4H3. The molecule has 1 aromatic heterocycles. The Kier molecular flexibility index (Phi) is 2.47. The molecule has 0 aliphatic rings. The van der Waals surface area contributed by atoms with Crippen molar-refractivity contribution in [2.75, 3.05) is 7.05 Å². The van der Waals surface area contributed by atoms with Gasteiger partial charge in [0.25, 0.3) is 0 Å². The van der Waals surface area contributed by atoms with Crippen LogP contribution in [-0.4, -0.2) is 21.8 Å². The summed E-state index contributed by atoms with van der Waals surface area (Å²) in [6.45, 7) is 7.09. The van der Waals surface area contributed by atoms with Gasteiger partial charge in [-0.3, -0.25) is 0 Å². The molecule has 0 aromatic carbocycles. The van der Waals surface area contributed by atoms with E-state index in [0.717, 1.165) is 12.4 Å². The van der Waals surface area contributed by atoms with Gasteiger partial charge in [-0.15, -0.1) is 0 Å². The van der Waals surface area contributed by atoms with Crippen LogP contribution in [0, 0.1) is 0 Å². The Labute approximate surface area is 73.0 Å². The van der Waals surface area contributed by atoms with Crippen molar-refractivity contribution in [3.05, 3.63) is 12.2 Å². The Bertz CT molecular complexity index is 251. The van der Waals surface area contributed by atoms with Gasteiger partial charge in [0.1, 0.15) is 12.2 Å². The van der Waals surface area contributed by atoms with Crippen molar-refractivity contribution in [3.8, 4) is 0 Å². The highest BCUT2D eigenvalue weighted by Crippen LogP contribution is 2.15. The summed E-state index contributed by atoms with van der Waals surface area (Å²) in [6.07, 6.45) is 1.60. The molecule has 1 N–H and O–H groups in total. The van der Waals surface area contributed by atoms with E-state index in [9.17, 15) is 0 Å². The van der Waals surface area contributed by atoms with Gasteiger partial charge in [-0.25, -0.2) is 9.67 Å². The maximum absolute atomic E-state index is 4.22. The summed E-state index contributed by atoms with van der Waals surface area (Å²) >= 11 is 0. The van der Waals surface area contributed by atoms with E-state index in [2.05, 4.69) is 36.2 Å². The Morgan fingerprint density at radius 3 is 2.75 bits per heavy atom. The summed E-state index contributed by atoms with van der Waals surface area (Å²) in [4.78, 5) is 4.22. The van der Waals surface area contributed by atoms with Crippen molar-refractivity contribution in [2.45, 2.75) is 32.9 Å². The van der Waals surface area contributed by atoms with Gasteiger partial charge in [-0.05, 0) is 27.8 Å². The van der Waals surface area contributed by atoms with E-state index in [4.69, 9.17) is 0 Å². The first-order valence-corrected chi connectivity index (χ1v) is 4.19. The molecule has 12 heavy (non-hydrogen) atoms. The van der Waals surface area contributed by atoms with E-state index in [1.807, 2.05) is 11.7 Å². The molecule has 1 heterocycles. The molecular weight excluding hydrogens is 152 g/mol. The minimum Gasteiger partial charge on any atom is -0.308 e. The zero-order valence-electron chi connectivity index (χ0n) is 8.13. The third-order valence-corrected chi connectivity index (χ3v) is 2.10. The van der Waals surface area contributed by atoms with Crippen molar-refractivity contribution in [1.29, 1.82) is 0 Å². The summed E-state index contributed by atoms with van der Waals surface area (Å²) in [5.41, 5.74) is -0.105. The third kappa shape index (κ3) is 1.48. The maximum atomic E-state index is 4.22. The molecule has 0 atom stereocenters. The summed E-state index contributed by atoms with van der Waals surface area (Å²) < 4.78 is 1.90. The molecule has 0 saturated heterocycles. The van der Waals surface area contributed by atoms with Crippen molar-refractivity contribution >= 4 is 0 Å². The summed E-state index contributed by atoms with van der Waals surface area (Å²) in [6, 6.07) is 0. The van der Waals surface area contributed by atoms with E-state index in [0.29, 0.717) is 0 Å². The number of aromatic nitrogens is 3. The smallest absolute Gasteiger partial charge is 0.146 e. The van der Waals surface area contributed by atoms with Crippen LogP contribution in [-0.2, 0) is 12.1 Å².